The molecule has 23 heavy (non-hydrogen) atoms. The summed E-state index contributed by atoms with van der Waals surface area (Å²) in [5, 5.41) is 1.14. The van der Waals surface area contributed by atoms with Crippen molar-refractivity contribution in [2.24, 2.45) is 0 Å². The molecular weight excluding hydrogens is 356 g/mol. The Morgan fingerprint density at radius 3 is 2.30 bits per heavy atom. The quantitative estimate of drug-likeness (QED) is 0.358. The van der Waals surface area contributed by atoms with Crippen molar-refractivity contribution in [3.63, 3.8) is 0 Å². The van der Waals surface area contributed by atoms with E-state index >= 15 is 0 Å². The Balaban J connectivity index is 1.41. The number of benzene rings is 1. The van der Waals surface area contributed by atoms with Crippen LogP contribution < -0.4 is 9.47 Å². The Kier molecular flexibility index (Phi) is 9.49. The number of fused-ring (bicyclic) bond motifs is 1. The molecule has 1 aliphatic heterocycles. The first kappa shape index (κ1) is 18.6. The molecule has 0 saturated carbocycles. The molecule has 3 nitrogen and oxygen atoms in total. The van der Waals surface area contributed by atoms with Gasteiger partial charge in [0.2, 0.25) is 0 Å². The molecule has 2 rings (SSSR count). The molecule has 130 valence electrons. The van der Waals surface area contributed by atoms with E-state index in [0.717, 1.165) is 29.9 Å². The number of hydrogen-bond donors (Lipinski definition) is 0. The molecular formula is C19H29BrO3. The van der Waals surface area contributed by atoms with E-state index in [9.17, 15) is 0 Å². The Bertz CT molecular complexity index is 425. The molecule has 0 aliphatic carbocycles. The highest BCUT2D eigenvalue weighted by Crippen LogP contribution is 2.30. The lowest BCUT2D eigenvalue weighted by Crippen LogP contribution is -2.33. The fraction of sp³-hybridized carbons (Fsp3) is 0.684. The monoisotopic (exact) mass is 384 g/mol. The van der Waals surface area contributed by atoms with Gasteiger partial charge in [0.1, 0.15) is 6.61 Å². The summed E-state index contributed by atoms with van der Waals surface area (Å²) in [5.74, 6) is 1.66. The molecule has 0 amide bonds. The molecule has 0 N–H and O–H groups in total. The minimum absolute atomic E-state index is 0.0133. The Morgan fingerprint density at radius 1 is 0.913 bits per heavy atom. The van der Waals surface area contributed by atoms with E-state index in [4.69, 9.17) is 14.2 Å². The number of halogens is 1. The fourth-order valence-electron chi connectivity index (χ4n) is 2.72. The number of alkyl halides is 1. The smallest absolute Gasteiger partial charge is 0.161 e. The van der Waals surface area contributed by atoms with E-state index in [1.807, 2.05) is 24.3 Å². The zero-order valence-corrected chi connectivity index (χ0v) is 15.6. The fourth-order valence-corrected chi connectivity index (χ4v) is 3.12. The number of ether oxygens (including phenoxy) is 3. The number of hydrogen-bond acceptors (Lipinski definition) is 3. The summed E-state index contributed by atoms with van der Waals surface area (Å²) in [7, 11) is 0. The molecule has 4 heteroatoms. The first-order valence-corrected chi connectivity index (χ1v) is 10.0. The number of rotatable bonds is 12. The summed E-state index contributed by atoms with van der Waals surface area (Å²) in [5.41, 5.74) is 0. The topological polar surface area (TPSA) is 27.7 Å². The van der Waals surface area contributed by atoms with Gasteiger partial charge in [-0.3, -0.25) is 0 Å². The Hall–Kier alpha value is -0.740. The van der Waals surface area contributed by atoms with Gasteiger partial charge in [0.25, 0.3) is 0 Å². The average Bonchev–Trinajstić information content (AvgIpc) is 2.59. The van der Waals surface area contributed by atoms with Crippen molar-refractivity contribution in [2.75, 3.05) is 25.2 Å². The van der Waals surface area contributed by atoms with Gasteiger partial charge in [-0.1, -0.05) is 66.6 Å². The Morgan fingerprint density at radius 2 is 1.57 bits per heavy atom. The second-order valence-electron chi connectivity index (χ2n) is 6.09. The lowest BCUT2D eigenvalue weighted by molar-refractivity contribution is 0.00778. The van der Waals surface area contributed by atoms with Gasteiger partial charge in [0.15, 0.2) is 17.6 Å². The maximum absolute atomic E-state index is 5.87. The zero-order valence-electron chi connectivity index (χ0n) is 14.0. The van der Waals surface area contributed by atoms with Gasteiger partial charge in [-0.25, -0.2) is 0 Å². The predicted molar refractivity (Wildman–Crippen MR) is 97.9 cm³/mol. The van der Waals surface area contributed by atoms with E-state index in [0.29, 0.717) is 13.2 Å². The third kappa shape index (κ3) is 7.58. The van der Waals surface area contributed by atoms with Crippen LogP contribution in [0.3, 0.4) is 0 Å². The third-order valence-electron chi connectivity index (χ3n) is 4.04. The van der Waals surface area contributed by atoms with Crippen LogP contribution in [0.1, 0.15) is 51.4 Å². The molecule has 0 bridgehead atoms. The molecule has 0 saturated heterocycles. The number of unbranched alkanes of at least 4 members (excludes halogenated alkanes) is 7. The molecule has 0 fully saturated rings. The molecule has 0 radical (unpaired) electrons. The van der Waals surface area contributed by atoms with E-state index in [1.54, 1.807) is 0 Å². The first-order chi connectivity index (χ1) is 11.4. The summed E-state index contributed by atoms with van der Waals surface area (Å²) >= 11 is 3.47. The lowest BCUT2D eigenvalue weighted by atomic mass is 10.1. The second-order valence-corrected chi connectivity index (χ2v) is 6.88. The molecule has 1 atom stereocenters. The van der Waals surface area contributed by atoms with Crippen LogP contribution in [0, 0.1) is 0 Å². The minimum atomic E-state index is 0.0133. The molecule has 1 aromatic carbocycles. The Labute approximate surface area is 148 Å². The number of para-hydroxylation sites is 2. The first-order valence-electron chi connectivity index (χ1n) is 8.92. The maximum atomic E-state index is 5.87. The van der Waals surface area contributed by atoms with Crippen molar-refractivity contribution in [2.45, 2.75) is 57.5 Å². The van der Waals surface area contributed by atoms with Crippen LogP contribution in [0.4, 0.5) is 0 Å². The van der Waals surface area contributed by atoms with Crippen LogP contribution in [-0.4, -0.2) is 31.3 Å². The van der Waals surface area contributed by atoms with E-state index in [2.05, 4.69) is 15.9 Å². The van der Waals surface area contributed by atoms with Crippen molar-refractivity contribution < 1.29 is 14.2 Å². The van der Waals surface area contributed by atoms with Crippen molar-refractivity contribution >= 4 is 15.9 Å². The van der Waals surface area contributed by atoms with E-state index < -0.39 is 0 Å². The lowest BCUT2D eigenvalue weighted by Gasteiger charge is -2.26. The van der Waals surface area contributed by atoms with Crippen molar-refractivity contribution in [1.82, 2.24) is 0 Å². The minimum Gasteiger partial charge on any atom is -0.486 e. The summed E-state index contributed by atoms with van der Waals surface area (Å²) in [6.07, 6.45) is 10.5. The van der Waals surface area contributed by atoms with Gasteiger partial charge in [-0.15, -0.1) is 0 Å². The zero-order chi connectivity index (χ0) is 16.2. The molecule has 0 aromatic heterocycles. The highest BCUT2D eigenvalue weighted by Gasteiger charge is 2.20. The van der Waals surface area contributed by atoms with Crippen molar-refractivity contribution in [1.29, 1.82) is 0 Å². The summed E-state index contributed by atoms with van der Waals surface area (Å²) in [6.45, 7) is 2.01. The van der Waals surface area contributed by atoms with Gasteiger partial charge in [-0.2, -0.15) is 0 Å². The van der Waals surface area contributed by atoms with Gasteiger partial charge in [0, 0.05) is 11.9 Å². The van der Waals surface area contributed by atoms with Crippen molar-refractivity contribution in [3.05, 3.63) is 24.3 Å². The molecule has 0 unspecified atom stereocenters. The standard InChI is InChI=1S/C19H29BrO3/c20-13-9-5-3-1-2-4-6-10-14-21-15-17-16-22-18-11-7-8-12-19(18)23-17/h7-8,11-12,17H,1-6,9-10,13-16H2/t17-/m1/s1. The second kappa shape index (κ2) is 11.7. The summed E-state index contributed by atoms with van der Waals surface area (Å²) in [6, 6.07) is 7.80. The van der Waals surface area contributed by atoms with Gasteiger partial charge in [0.05, 0.1) is 6.61 Å². The maximum Gasteiger partial charge on any atom is 0.161 e. The summed E-state index contributed by atoms with van der Waals surface area (Å²) < 4.78 is 17.3. The molecule has 1 heterocycles. The summed E-state index contributed by atoms with van der Waals surface area (Å²) in [4.78, 5) is 0. The van der Waals surface area contributed by atoms with E-state index in [1.165, 1.54) is 44.9 Å². The molecule has 1 aliphatic rings. The van der Waals surface area contributed by atoms with Crippen LogP contribution in [0.25, 0.3) is 0 Å². The normalized spacial score (nSPS) is 16.5. The predicted octanol–water partition coefficient (Wildman–Crippen LogP) is 5.36. The van der Waals surface area contributed by atoms with Gasteiger partial charge in [-0.05, 0) is 25.0 Å². The molecule has 0 spiro atoms. The van der Waals surface area contributed by atoms with Crippen LogP contribution in [0.15, 0.2) is 24.3 Å². The average molecular weight is 385 g/mol. The molecule has 1 aromatic rings. The third-order valence-corrected chi connectivity index (χ3v) is 4.60. The highest BCUT2D eigenvalue weighted by atomic mass is 79.9. The van der Waals surface area contributed by atoms with E-state index in [-0.39, 0.29) is 6.10 Å². The van der Waals surface area contributed by atoms with Crippen LogP contribution in [0.2, 0.25) is 0 Å². The van der Waals surface area contributed by atoms with Crippen LogP contribution >= 0.6 is 15.9 Å². The van der Waals surface area contributed by atoms with Gasteiger partial charge >= 0.3 is 0 Å². The highest BCUT2D eigenvalue weighted by molar-refractivity contribution is 9.09. The SMILES string of the molecule is BrCCCCCCCCCCOC[C@@H]1COc2ccccc2O1. The largest absolute Gasteiger partial charge is 0.486 e. The van der Waals surface area contributed by atoms with Crippen LogP contribution in [-0.2, 0) is 4.74 Å². The van der Waals surface area contributed by atoms with Gasteiger partial charge < -0.3 is 14.2 Å². The van der Waals surface area contributed by atoms with Crippen LogP contribution in [0.5, 0.6) is 11.5 Å². The van der Waals surface area contributed by atoms with Crippen molar-refractivity contribution in [3.8, 4) is 11.5 Å².